The lowest BCUT2D eigenvalue weighted by Gasteiger charge is -2.15. The molecule has 0 bridgehead atoms. The molecule has 0 radical (unpaired) electrons. The molecule has 100 valence electrons. The summed E-state index contributed by atoms with van der Waals surface area (Å²) in [6, 6.07) is 14.1. The molecule has 1 unspecified atom stereocenters. The third kappa shape index (κ3) is 4.06. The number of nitrogens with one attached hydrogen (secondary N) is 1. The predicted octanol–water partition coefficient (Wildman–Crippen LogP) is 4.77. The number of aromatic hydroxyl groups is 1. The largest absolute Gasteiger partial charge is 0.507 e. The van der Waals surface area contributed by atoms with Gasteiger partial charge in [0.2, 0.25) is 0 Å². The van der Waals surface area contributed by atoms with Gasteiger partial charge in [-0.15, -0.1) is 0 Å². The summed E-state index contributed by atoms with van der Waals surface area (Å²) in [5.41, 5.74) is 2.37. The summed E-state index contributed by atoms with van der Waals surface area (Å²) in [5, 5.41) is 12.9. The molecule has 0 heterocycles. The molecular formula is C15H15Br2NO. The zero-order chi connectivity index (χ0) is 13.8. The molecule has 0 amide bonds. The summed E-state index contributed by atoms with van der Waals surface area (Å²) in [5.74, 6) is 0.267. The van der Waals surface area contributed by atoms with E-state index in [0.29, 0.717) is 0 Å². The molecule has 0 fully saturated rings. The fourth-order valence-electron chi connectivity index (χ4n) is 1.83. The average molecular weight is 385 g/mol. The van der Waals surface area contributed by atoms with Crippen molar-refractivity contribution in [3.05, 3.63) is 62.5 Å². The van der Waals surface area contributed by atoms with Crippen molar-refractivity contribution >= 4 is 31.9 Å². The van der Waals surface area contributed by atoms with E-state index in [-0.39, 0.29) is 11.8 Å². The fourth-order valence-corrected chi connectivity index (χ4v) is 2.67. The summed E-state index contributed by atoms with van der Waals surface area (Å²) < 4.78 is 1.81. The number of rotatable bonds is 4. The van der Waals surface area contributed by atoms with E-state index in [1.54, 1.807) is 6.07 Å². The van der Waals surface area contributed by atoms with E-state index in [1.807, 2.05) is 24.3 Å². The van der Waals surface area contributed by atoms with Crippen LogP contribution in [-0.4, -0.2) is 5.11 Å². The molecule has 2 nitrogen and oxygen atoms in total. The number of phenolic OH excluding ortho intramolecular Hbond substituents is 1. The topological polar surface area (TPSA) is 32.3 Å². The summed E-state index contributed by atoms with van der Waals surface area (Å²) in [7, 11) is 0. The number of halogens is 2. The first-order chi connectivity index (χ1) is 9.06. The Morgan fingerprint density at radius 1 is 1.16 bits per heavy atom. The molecule has 0 saturated carbocycles. The molecule has 0 aliphatic heterocycles. The van der Waals surface area contributed by atoms with Gasteiger partial charge in [-0.25, -0.2) is 0 Å². The van der Waals surface area contributed by atoms with Crippen LogP contribution in [0.4, 0.5) is 0 Å². The standard InChI is InChI=1S/C15H15Br2NO/c1-10(12-3-2-4-13(16)8-12)18-9-11-5-6-15(19)14(17)7-11/h2-8,10,18-19H,9H2,1H3. The minimum Gasteiger partial charge on any atom is -0.507 e. The predicted molar refractivity (Wildman–Crippen MR) is 85.2 cm³/mol. The fraction of sp³-hybridized carbons (Fsp3) is 0.200. The normalized spacial score (nSPS) is 12.4. The van der Waals surface area contributed by atoms with Crippen LogP contribution in [0.3, 0.4) is 0 Å². The molecule has 0 aliphatic carbocycles. The summed E-state index contributed by atoms with van der Waals surface area (Å²) >= 11 is 6.81. The van der Waals surface area contributed by atoms with Crippen molar-refractivity contribution in [2.75, 3.05) is 0 Å². The van der Waals surface area contributed by atoms with Crippen LogP contribution >= 0.6 is 31.9 Å². The molecule has 2 aromatic rings. The van der Waals surface area contributed by atoms with Crippen LogP contribution in [0.1, 0.15) is 24.1 Å². The van der Waals surface area contributed by atoms with Gasteiger partial charge in [0.15, 0.2) is 0 Å². The Kier molecular flexibility index (Phi) is 5.02. The minimum absolute atomic E-state index is 0.267. The van der Waals surface area contributed by atoms with Gasteiger partial charge in [-0.3, -0.25) is 0 Å². The number of benzene rings is 2. The molecule has 0 saturated heterocycles. The van der Waals surface area contributed by atoms with E-state index in [0.717, 1.165) is 21.1 Å². The van der Waals surface area contributed by atoms with Crippen molar-refractivity contribution in [1.29, 1.82) is 0 Å². The van der Waals surface area contributed by atoms with Crippen LogP contribution in [0.5, 0.6) is 5.75 Å². The second kappa shape index (κ2) is 6.55. The first kappa shape index (κ1) is 14.6. The Hall–Kier alpha value is -0.840. The van der Waals surface area contributed by atoms with Crippen LogP contribution in [0.15, 0.2) is 51.4 Å². The first-order valence-corrected chi connectivity index (χ1v) is 7.61. The zero-order valence-corrected chi connectivity index (χ0v) is 13.7. The van der Waals surface area contributed by atoms with Crippen molar-refractivity contribution < 1.29 is 5.11 Å². The smallest absolute Gasteiger partial charge is 0.129 e. The van der Waals surface area contributed by atoms with Crippen LogP contribution in [0.25, 0.3) is 0 Å². The summed E-state index contributed by atoms with van der Waals surface area (Å²) in [6.07, 6.45) is 0. The lowest BCUT2D eigenvalue weighted by Crippen LogP contribution is -2.18. The third-order valence-corrected chi connectivity index (χ3v) is 4.10. The van der Waals surface area contributed by atoms with E-state index in [4.69, 9.17) is 0 Å². The Balaban J connectivity index is 2.00. The summed E-state index contributed by atoms with van der Waals surface area (Å²) in [4.78, 5) is 0. The van der Waals surface area contributed by atoms with Gasteiger partial charge in [-0.05, 0) is 58.2 Å². The highest BCUT2D eigenvalue weighted by molar-refractivity contribution is 9.10. The number of hydrogen-bond donors (Lipinski definition) is 2. The first-order valence-electron chi connectivity index (χ1n) is 6.02. The van der Waals surface area contributed by atoms with Crippen molar-refractivity contribution in [2.24, 2.45) is 0 Å². The van der Waals surface area contributed by atoms with E-state index in [2.05, 4.69) is 56.2 Å². The molecule has 19 heavy (non-hydrogen) atoms. The lowest BCUT2D eigenvalue weighted by atomic mass is 10.1. The van der Waals surface area contributed by atoms with E-state index in [1.165, 1.54) is 5.56 Å². The number of hydrogen-bond acceptors (Lipinski definition) is 2. The highest BCUT2D eigenvalue weighted by Gasteiger charge is 2.06. The molecule has 0 aliphatic rings. The van der Waals surface area contributed by atoms with Gasteiger partial charge in [0.25, 0.3) is 0 Å². The average Bonchev–Trinajstić information content (AvgIpc) is 2.40. The Bertz CT molecular complexity index is 572. The van der Waals surface area contributed by atoms with Crippen LogP contribution in [0, 0.1) is 0 Å². The van der Waals surface area contributed by atoms with E-state index in [9.17, 15) is 5.11 Å². The zero-order valence-electron chi connectivity index (χ0n) is 10.5. The molecule has 0 spiro atoms. The molecule has 2 N–H and O–H groups in total. The van der Waals surface area contributed by atoms with Crippen molar-refractivity contribution in [3.63, 3.8) is 0 Å². The Morgan fingerprint density at radius 3 is 2.63 bits per heavy atom. The lowest BCUT2D eigenvalue weighted by molar-refractivity contribution is 0.471. The Morgan fingerprint density at radius 2 is 1.95 bits per heavy atom. The van der Waals surface area contributed by atoms with Crippen LogP contribution < -0.4 is 5.32 Å². The highest BCUT2D eigenvalue weighted by atomic mass is 79.9. The van der Waals surface area contributed by atoms with Crippen LogP contribution in [-0.2, 0) is 6.54 Å². The molecule has 1 atom stereocenters. The molecule has 4 heteroatoms. The van der Waals surface area contributed by atoms with Gasteiger partial charge in [0.05, 0.1) is 4.47 Å². The maximum atomic E-state index is 9.46. The third-order valence-electron chi connectivity index (χ3n) is 2.97. The van der Waals surface area contributed by atoms with Gasteiger partial charge in [0, 0.05) is 17.1 Å². The number of phenols is 1. The highest BCUT2D eigenvalue weighted by Crippen LogP contribution is 2.24. The van der Waals surface area contributed by atoms with Gasteiger partial charge >= 0.3 is 0 Å². The van der Waals surface area contributed by atoms with Crippen LogP contribution in [0.2, 0.25) is 0 Å². The molecule has 0 aromatic heterocycles. The van der Waals surface area contributed by atoms with Gasteiger partial charge in [-0.2, -0.15) is 0 Å². The SMILES string of the molecule is CC(NCc1ccc(O)c(Br)c1)c1cccc(Br)c1. The quantitative estimate of drug-likeness (QED) is 0.795. The molecule has 2 aromatic carbocycles. The second-order valence-electron chi connectivity index (χ2n) is 4.44. The minimum atomic E-state index is 0.267. The van der Waals surface area contributed by atoms with Gasteiger partial charge in [0.1, 0.15) is 5.75 Å². The van der Waals surface area contributed by atoms with Gasteiger partial charge in [-0.1, -0.05) is 34.1 Å². The van der Waals surface area contributed by atoms with E-state index >= 15 is 0 Å². The Labute approximate surface area is 130 Å². The van der Waals surface area contributed by atoms with Crippen molar-refractivity contribution in [3.8, 4) is 5.75 Å². The second-order valence-corrected chi connectivity index (χ2v) is 6.21. The van der Waals surface area contributed by atoms with Gasteiger partial charge < -0.3 is 10.4 Å². The molecular weight excluding hydrogens is 370 g/mol. The maximum Gasteiger partial charge on any atom is 0.129 e. The van der Waals surface area contributed by atoms with Crippen molar-refractivity contribution in [1.82, 2.24) is 5.32 Å². The maximum absolute atomic E-state index is 9.46. The molecule has 2 rings (SSSR count). The van der Waals surface area contributed by atoms with Crippen molar-refractivity contribution in [2.45, 2.75) is 19.5 Å². The summed E-state index contributed by atoms with van der Waals surface area (Å²) in [6.45, 7) is 2.89. The van der Waals surface area contributed by atoms with E-state index < -0.39 is 0 Å². The monoisotopic (exact) mass is 383 g/mol.